The van der Waals surface area contributed by atoms with Crippen LogP contribution in [0.5, 0.6) is 0 Å². The summed E-state index contributed by atoms with van der Waals surface area (Å²) in [6.07, 6.45) is 4.42. The number of nitrogens with zero attached hydrogens (tertiary/aromatic N) is 4. The van der Waals surface area contributed by atoms with Gasteiger partial charge >= 0.3 is 0 Å². The highest BCUT2D eigenvalue weighted by molar-refractivity contribution is 5.78. The van der Waals surface area contributed by atoms with Gasteiger partial charge < -0.3 is 14.5 Å². The zero-order chi connectivity index (χ0) is 16.5. The van der Waals surface area contributed by atoms with Crippen LogP contribution in [0.4, 0.5) is 5.82 Å². The fraction of sp³-hybridized carbons (Fsp3) is 0.611. The molecule has 0 unspecified atom stereocenters. The molecule has 2 fully saturated rings. The van der Waals surface area contributed by atoms with E-state index in [1.54, 1.807) is 0 Å². The quantitative estimate of drug-likeness (QED) is 0.826. The number of carbonyl (C=O) groups excluding carboxylic acids is 1. The summed E-state index contributed by atoms with van der Waals surface area (Å²) in [5, 5.41) is 9.50. The van der Waals surface area contributed by atoms with Crippen molar-refractivity contribution >= 4 is 11.7 Å². The number of pyridine rings is 1. The van der Waals surface area contributed by atoms with Crippen LogP contribution in [-0.2, 0) is 22.6 Å². The smallest absolute Gasteiger partial charge is 0.222 e. The molecule has 1 amide bonds. The van der Waals surface area contributed by atoms with E-state index in [0.29, 0.717) is 37.1 Å². The number of amides is 1. The van der Waals surface area contributed by atoms with Crippen molar-refractivity contribution in [3.63, 3.8) is 0 Å². The summed E-state index contributed by atoms with van der Waals surface area (Å²) in [6, 6.07) is 4.58. The summed E-state index contributed by atoms with van der Waals surface area (Å²) >= 11 is 0. The number of carbonyl (C=O) groups is 1. The lowest BCUT2D eigenvalue weighted by molar-refractivity contribution is -0.130. The van der Waals surface area contributed by atoms with E-state index in [9.17, 15) is 10.1 Å². The molecule has 2 saturated heterocycles. The minimum absolute atomic E-state index is 0.304. The number of rotatable bonds is 2. The molecule has 0 radical (unpaired) electrons. The van der Waals surface area contributed by atoms with E-state index in [1.807, 2.05) is 6.07 Å². The highest BCUT2D eigenvalue weighted by atomic mass is 16.5. The lowest BCUT2D eigenvalue weighted by atomic mass is 10.0. The first-order valence-electron chi connectivity index (χ1n) is 8.81. The van der Waals surface area contributed by atoms with Crippen LogP contribution in [0.25, 0.3) is 0 Å². The van der Waals surface area contributed by atoms with Gasteiger partial charge in [0.05, 0.1) is 24.5 Å². The molecule has 3 aliphatic heterocycles. The number of anilines is 1. The number of nitriles is 1. The maximum atomic E-state index is 11.9. The first-order chi connectivity index (χ1) is 11.8. The minimum atomic E-state index is 0.304. The van der Waals surface area contributed by atoms with Gasteiger partial charge in [0.1, 0.15) is 11.9 Å². The Labute approximate surface area is 142 Å². The Hall–Kier alpha value is -2.13. The molecule has 0 bridgehead atoms. The zero-order valence-electron chi connectivity index (χ0n) is 13.8. The Kier molecular flexibility index (Phi) is 4.11. The van der Waals surface area contributed by atoms with Crippen molar-refractivity contribution < 1.29 is 9.53 Å². The molecule has 4 rings (SSSR count). The van der Waals surface area contributed by atoms with Gasteiger partial charge in [-0.15, -0.1) is 0 Å². The second kappa shape index (κ2) is 6.40. The minimum Gasteiger partial charge on any atom is -0.376 e. The molecular formula is C18H22N4O2. The largest absolute Gasteiger partial charge is 0.376 e. The number of aromatic nitrogens is 1. The van der Waals surface area contributed by atoms with Gasteiger partial charge in [-0.1, -0.05) is 0 Å². The number of hydrogen-bond acceptors (Lipinski definition) is 5. The van der Waals surface area contributed by atoms with Gasteiger partial charge in [-0.25, -0.2) is 4.98 Å². The topological polar surface area (TPSA) is 69.5 Å². The van der Waals surface area contributed by atoms with Crippen molar-refractivity contribution in [3.05, 3.63) is 22.9 Å². The van der Waals surface area contributed by atoms with E-state index < -0.39 is 0 Å². The van der Waals surface area contributed by atoms with Crippen molar-refractivity contribution in [2.24, 2.45) is 0 Å². The van der Waals surface area contributed by atoms with Crippen LogP contribution in [0, 0.1) is 11.3 Å². The predicted molar refractivity (Wildman–Crippen MR) is 88.5 cm³/mol. The van der Waals surface area contributed by atoms with Crippen molar-refractivity contribution in [1.82, 2.24) is 9.88 Å². The molecule has 6 heteroatoms. The molecule has 24 heavy (non-hydrogen) atoms. The molecule has 126 valence electrons. The number of hydrogen-bond donors (Lipinski definition) is 0. The second-order valence-corrected chi connectivity index (χ2v) is 6.79. The number of ether oxygens (including phenoxy) is 1. The Morgan fingerprint density at radius 1 is 1.25 bits per heavy atom. The molecule has 0 N–H and O–H groups in total. The summed E-state index contributed by atoms with van der Waals surface area (Å²) in [5.74, 6) is 1.11. The van der Waals surface area contributed by atoms with Gasteiger partial charge in [-0.05, 0) is 25.3 Å². The summed E-state index contributed by atoms with van der Waals surface area (Å²) in [4.78, 5) is 21.0. The van der Waals surface area contributed by atoms with Gasteiger partial charge in [0, 0.05) is 44.1 Å². The summed E-state index contributed by atoms with van der Waals surface area (Å²) in [6.45, 7) is 3.86. The average Bonchev–Trinajstić information content (AvgIpc) is 3.06. The Bertz CT molecular complexity index is 689. The number of piperidine rings is 1. The van der Waals surface area contributed by atoms with Crippen LogP contribution < -0.4 is 4.90 Å². The summed E-state index contributed by atoms with van der Waals surface area (Å²) in [5.41, 5.74) is 2.74. The van der Waals surface area contributed by atoms with Crippen molar-refractivity contribution in [2.75, 3.05) is 31.1 Å². The Morgan fingerprint density at radius 3 is 2.79 bits per heavy atom. The van der Waals surface area contributed by atoms with E-state index in [0.717, 1.165) is 62.4 Å². The van der Waals surface area contributed by atoms with Crippen LogP contribution in [0.3, 0.4) is 0 Å². The van der Waals surface area contributed by atoms with E-state index in [1.165, 1.54) is 0 Å². The fourth-order valence-electron chi connectivity index (χ4n) is 4.04. The maximum absolute atomic E-state index is 11.9. The third-order valence-electron chi connectivity index (χ3n) is 5.35. The highest BCUT2D eigenvalue weighted by Crippen LogP contribution is 2.28. The molecule has 1 aromatic rings. The monoisotopic (exact) mass is 326 g/mol. The molecule has 1 aromatic heterocycles. The first kappa shape index (κ1) is 15.4. The van der Waals surface area contributed by atoms with Crippen LogP contribution in [0.1, 0.15) is 42.5 Å². The number of fused-ring (bicyclic) bond motifs is 1. The van der Waals surface area contributed by atoms with Crippen LogP contribution in [0.2, 0.25) is 0 Å². The van der Waals surface area contributed by atoms with Gasteiger partial charge in [-0.3, -0.25) is 4.79 Å². The predicted octanol–water partition coefficient (Wildman–Crippen LogP) is 1.62. The molecule has 3 aliphatic rings. The van der Waals surface area contributed by atoms with Crippen molar-refractivity contribution in [3.8, 4) is 6.07 Å². The molecule has 0 aliphatic carbocycles. The Balaban J connectivity index is 1.51. The van der Waals surface area contributed by atoms with E-state index >= 15 is 0 Å². The van der Waals surface area contributed by atoms with E-state index in [2.05, 4.69) is 15.9 Å². The summed E-state index contributed by atoms with van der Waals surface area (Å²) in [7, 11) is 0. The van der Waals surface area contributed by atoms with E-state index in [-0.39, 0.29) is 0 Å². The van der Waals surface area contributed by atoms with Crippen LogP contribution in [0.15, 0.2) is 6.07 Å². The fourth-order valence-corrected chi connectivity index (χ4v) is 4.04. The van der Waals surface area contributed by atoms with Crippen molar-refractivity contribution in [1.29, 1.82) is 5.26 Å². The van der Waals surface area contributed by atoms with E-state index in [4.69, 9.17) is 9.72 Å². The van der Waals surface area contributed by atoms with Crippen LogP contribution >= 0.6 is 0 Å². The lowest BCUT2D eigenvalue weighted by Gasteiger charge is -2.37. The molecule has 0 aromatic carbocycles. The highest BCUT2D eigenvalue weighted by Gasteiger charge is 2.31. The van der Waals surface area contributed by atoms with Gasteiger partial charge in [0.25, 0.3) is 0 Å². The SMILES string of the molecule is N#Cc1cc2c(nc1N1CCC(N3CCCC3=O)CC1)CCOC2. The summed E-state index contributed by atoms with van der Waals surface area (Å²) < 4.78 is 5.46. The second-order valence-electron chi connectivity index (χ2n) is 6.79. The Morgan fingerprint density at radius 2 is 2.08 bits per heavy atom. The molecule has 4 heterocycles. The molecular weight excluding hydrogens is 304 g/mol. The van der Waals surface area contributed by atoms with Crippen LogP contribution in [-0.4, -0.2) is 48.1 Å². The third-order valence-corrected chi connectivity index (χ3v) is 5.35. The molecule has 0 saturated carbocycles. The average molecular weight is 326 g/mol. The van der Waals surface area contributed by atoms with Gasteiger partial charge in [0.15, 0.2) is 0 Å². The standard InChI is InChI=1S/C18H22N4O2/c19-11-13-10-14-12-24-9-5-16(14)20-18(13)21-7-3-15(4-8-21)22-6-1-2-17(22)23/h10,15H,1-9,12H2. The normalized spacial score (nSPS) is 21.7. The zero-order valence-corrected chi connectivity index (χ0v) is 13.8. The maximum Gasteiger partial charge on any atom is 0.222 e. The van der Waals surface area contributed by atoms with Gasteiger partial charge in [0.2, 0.25) is 5.91 Å². The number of likely N-dealkylation sites (tertiary alicyclic amines) is 1. The van der Waals surface area contributed by atoms with Gasteiger partial charge in [-0.2, -0.15) is 5.26 Å². The molecule has 0 atom stereocenters. The molecule has 6 nitrogen and oxygen atoms in total. The lowest BCUT2D eigenvalue weighted by Crippen LogP contribution is -2.45. The first-order valence-corrected chi connectivity index (χ1v) is 8.81. The van der Waals surface area contributed by atoms with Crippen molar-refractivity contribution in [2.45, 2.75) is 44.8 Å². The third kappa shape index (κ3) is 2.73. The molecule has 0 spiro atoms.